The third kappa shape index (κ3) is 1.72. The molecule has 4 aromatic rings. The van der Waals surface area contributed by atoms with E-state index in [0.717, 1.165) is 39.0 Å². The van der Waals surface area contributed by atoms with E-state index in [1.807, 2.05) is 36.5 Å². The summed E-state index contributed by atoms with van der Waals surface area (Å²) in [6, 6.07) is 14.2. The van der Waals surface area contributed by atoms with Crippen LogP contribution >= 0.6 is 0 Å². The van der Waals surface area contributed by atoms with Crippen molar-refractivity contribution in [2.45, 2.75) is 0 Å². The van der Waals surface area contributed by atoms with Crippen molar-refractivity contribution >= 4 is 27.5 Å². The quantitative estimate of drug-likeness (QED) is 0.561. The summed E-state index contributed by atoms with van der Waals surface area (Å²) in [4.78, 5) is 4.52. The average Bonchev–Trinajstić information content (AvgIpc) is 2.91. The van der Waals surface area contributed by atoms with Crippen LogP contribution < -0.4 is 9.47 Å². The molecule has 0 aliphatic carbocycles. The number of methoxy groups -OCH3 is 2. The second-order valence-corrected chi connectivity index (χ2v) is 4.94. The lowest BCUT2D eigenvalue weighted by molar-refractivity contribution is 0.415. The minimum Gasteiger partial charge on any atom is -0.497 e. The summed E-state index contributed by atoms with van der Waals surface area (Å²) in [7, 11) is 3.34. The molecule has 2 aromatic carbocycles. The molecule has 4 rings (SSSR count). The van der Waals surface area contributed by atoms with Crippen molar-refractivity contribution in [1.29, 1.82) is 0 Å². The standard InChI is InChI=1S/C17H14N2O2/c1-20-13-3-5-16-11(8-13)7-12-10-18-15-9-14(21-2)4-6-17(15)19(12)16/h3-10H,1-2H3. The Balaban J connectivity index is 2.13. The highest BCUT2D eigenvalue weighted by molar-refractivity contribution is 5.93. The van der Waals surface area contributed by atoms with E-state index in [0.29, 0.717) is 0 Å². The Hall–Kier alpha value is -2.75. The summed E-state index contributed by atoms with van der Waals surface area (Å²) in [5.74, 6) is 1.67. The van der Waals surface area contributed by atoms with Crippen LogP contribution in [0.1, 0.15) is 0 Å². The number of fused-ring (bicyclic) bond motifs is 5. The van der Waals surface area contributed by atoms with Crippen LogP contribution in [-0.4, -0.2) is 23.6 Å². The first kappa shape index (κ1) is 12.0. The highest BCUT2D eigenvalue weighted by Gasteiger charge is 2.08. The molecule has 0 bridgehead atoms. The van der Waals surface area contributed by atoms with E-state index in [9.17, 15) is 0 Å². The van der Waals surface area contributed by atoms with Gasteiger partial charge in [0.05, 0.1) is 42.5 Å². The largest absolute Gasteiger partial charge is 0.497 e. The second-order valence-electron chi connectivity index (χ2n) is 4.94. The Morgan fingerprint density at radius 2 is 1.57 bits per heavy atom. The van der Waals surface area contributed by atoms with Gasteiger partial charge in [-0.25, -0.2) is 0 Å². The first-order valence-electron chi connectivity index (χ1n) is 6.72. The van der Waals surface area contributed by atoms with Crippen molar-refractivity contribution in [3.8, 4) is 11.5 Å². The van der Waals surface area contributed by atoms with Crippen LogP contribution in [-0.2, 0) is 0 Å². The molecule has 0 unspecified atom stereocenters. The highest BCUT2D eigenvalue weighted by Crippen LogP contribution is 2.28. The molecule has 0 aliphatic heterocycles. The van der Waals surface area contributed by atoms with Gasteiger partial charge in [0.2, 0.25) is 0 Å². The van der Waals surface area contributed by atoms with Gasteiger partial charge in [0.1, 0.15) is 11.5 Å². The Morgan fingerprint density at radius 3 is 2.33 bits per heavy atom. The van der Waals surface area contributed by atoms with Gasteiger partial charge >= 0.3 is 0 Å². The van der Waals surface area contributed by atoms with Crippen molar-refractivity contribution in [3.63, 3.8) is 0 Å². The number of rotatable bonds is 2. The molecule has 2 aromatic heterocycles. The Labute approximate surface area is 121 Å². The number of benzene rings is 2. The number of hydrogen-bond donors (Lipinski definition) is 0. The van der Waals surface area contributed by atoms with Gasteiger partial charge < -0.3 is 13.9 Å². The van der Waals surface area contributed by atoms with E-state index < -0.39 is 0 Å². The number of aromatic nitrogens is 2. The molecule has 0 aliphatic rings. The molecule has 0 amide bonds. The van der Waals surface area contributed by atoms with Crippen LogP contribution in [0.3, 0.4) is 0 Å². The second kappa shape index (κ2) is 4.38. The van der Waals surface area contributed by atoms with E-state index in [-0.39, 0.29) is 0 Å². The maximum atomic E-state index is 5.29. The van der Waals surface area contributed by atoms with Gasteiger partial charge in [-0.3, -0.25) is 4.98 Å². The van der Waals surface area contributed by atoms with E-state index >= 15 is 0 Å². The van der Waals surface area contributed by atoms with Crippen molar-refractivity contribution in [3.05, 3.63) is 48.7 Å². The fraction of sp³-hybridized carbons (Fsp3) is 0.118. The van der Waals surface area contributed by atoms with Gasteiger partial charge in [0.25, 0.3) is 0 Å². The predicted octanol–water partition coefficient (Wildman–Crippen LogP) is 3.66. The normalized spacial score (nSPS) is 11.3. The summed E-state index contributed by atoms with van der Waals surface area (Å²) in [5, 5.41) is 1.14. The molecule has 4 nitrogen and oxygen atoms in total. The smallest absolute Gasteiger partial charge is 0.121 e. The summed E-state index contributed by atoms with van der Waals surface area (Å²) in [5.41, 5.74) is 4.18. The minimum atomic E-state index is 0.812. The van der Waals surface area contributed by atoms with E-state index in [2.05, 4.69) is 21.5 Å². The first-order chi connectivity index (χ1) is 10.3. The topological polar surface area (TPSA) is 35.8 Å². The lowest BCUT2D eigenvalue weighted by Gasteiger charge is -2.06. The molecule has 4 heteroatoms. The van der Waals surface area contributed by atoms with Crippen LogP contribution in [0.15, 0.2) is 48.7 Å². The molecule has 0 fully saturated rings. The van der Waals surface area contributed by atoms with Gasteiger partial charge in [-0.15, -0.1) is 0 Å². The fourth-order valence-electron chi connectivity index (χ4n) is 2.76. The van der Waals surface area contributed by atoms with Gasteiger partial charge in [-0.2, -0.15) is 0 Å². The van der Waals surface area contributed by atoms with Crippen molar-refractivity contribution in [2.75, 3.05) is 14.2 Å². The number of ether oxygens (including phenoxy) is 2. The summed E-state index contributed by atoms with van der Waals surface area (Å²) < 4.78 is 12.8. The van der Waals surface area contributed by atoms with Crippen LogP contribution in [0.2, 0.25) is 0 Å². The van der Waals surface area contributed by atoms with E-state index in [1.54, 1.807) is 14.2 Å². The monoisotopic (exact) mass is 278 g/mol. The van der Waals surface area contributed by atoms with Crippen molar-refractivity contribution in [1.82, 2.24) is 9.38 Å². The van der Waals surface area contributed by atoms with Gasteiger partial charge in [0.15, 0.2) is 0 Å². The molecule has 2 heterocycles. The summed E-state index contributed by atoms with van der Waals surface area (Å²) in [6.45, 7) is 0. The zero-order valence-electron chi connectivity index (χ0n) is 11.8. The molecule has 0 saturated carbocycles. The zero-order valence-corrected chi connectivity index (χ0v) is 11.8. The molecule has 0 atom stereocenters. The van der Waals surface area contributed by atoms with Crippen LogP contribution in [0, 0.1) is 0 Å². The molecule has 104 valence electrons. The van der Waals surface area contributed by atoms with E-state index in [4.69, 9.17) is 9.47 Å². The zero-order chi connectivity index (χ0) is 14.4. The third-order valence-electron chi connectivity index (χ3n) is 3.80. The molecule has 0 spiro atoms. The summed E-state index contributed by atoms with van der Waals surface area (Å²) in [6.07, 6.45) is 1.88. The van der Waals surface area contributed by atoms with Gasteiger partial charge in [-0.1, -0.05) is 0 Å². The molecular weight excluding hydrogens is 264 g/mol. The summed E-state index contributed by atoms with van der Waals surface area (Å²) >= 11 is 0. The fourth-order valence-corrected chi connectivity index (χ4v) is 2.76. The first-order valence-corrected chi connectivity index (χ1v) is 6.72. The number of nitrogens with zero attached hydrogens (tertiary/aromatic N) is 2. The molecular formula is C17H14N2O2. The lowest BCUT2D eigenvalue weighted by atomic mass is 10.2. The van der Waals surface area contributed by atoms with E-state index in [1.165, 1.54) is 0 Å². The third-order valence-corrected chi connectivity index (χ3v) is 3.80. The van der Waals surface area contributed by atoms with Crippen LogP contribution in [0.4, 0.5) is 0 Å². The van der Waals surface area contributed by atoms with Crippen molar-refractivity contribution in [2.24, 2.45) is 0 Å². The Morgan fingerprint density at radius 1 is 0.857 bits per heavy atom. The lowest BCUT2D eigenvalue weighted by Crippen LogP contribution is -1.92. The van der Waals surface area contributed by atoms with Crippen molar-refractivity contribution < 1.29 is 9.47 Å². The molecule has 21 heavy (non-hydrogen) atoms. The highest BCUT2D eigenvalue weighted by atomic mass is 16.5. The number of hydrogen-bond acceptors (Lipinski definition) is 3. The SMILES string of the molecule is COc1ccc2c(c1)cc1cnc3cc(OC)ccc3n12. The van der Waals surface area contributed by atoms with Crippen LogP contribution in [0.25, 0.3) is 27.5 Å². The van der Waals surface area contributed by atoms with Gasteiger partial charge in [-0.05, 0) is 36.4 Å². The maximum absolute atomic E-state index is 5.29. The van der Waals surface area contributed by atoms with Crippen LogP contribution in [0.5, 0.6) is 11.5 Å². The molecule has 0 N–H and O–H groups in total. The minimum absolute atomic E-state index is 0.812. The van der Waals surface area contributed by atoms with Gasteiger partial charge in [0, 0.05) is 11.5 Å². The molecule has 0 saturated heterocycles. The average molecular weight is 278 g/mol. The molecule has 0 radical (unpaired) electrons. The Kier molecular flexibility index (Phi) is 2.51. The predicted molar refractivity (Wildman–Crippen MR) is 83.3 cm³/mol. The maximum Gasteiger partial charge on any atom is 0.121 e. The Bertz CT molecular complexity index is 962.